The van der Waals surface area contributed by atoms with E-state index in [0.29, 0.717) is 5.75 Å². The number of ether oxygens (including phenoxy) is 1. The molecule has 1 aromatic heterocycles. The molecule has 0 saturated carbocycles. The third-order valence-corrected chi connectivity index (χ3v) is 4.93. The summed E-state index contributed by atoms with van der Waals surface area (Å²) in [5.41, 5.74) is 3.09. The molecule has 2 aromatic rings. The van der Waals surface area contributed by atoms with Crippen LogP contribution in [0.5, 0.6) is 5.75 Å². The highest BCUT2D eigenvalue weighted by Crippen LogP contribution is 2.30. The molecule has 7 heteroatoms. The topological polar surface area (TPSA) is 85.5 Å². The van der Waals surface area contributed by atoms with Crippen molar-refractivity contribution in [3.8, 4) is 5.75 Å². The molecule has 0 spiro atoms. The molecule has 0 radical (unpaired) electrons. The van der Waals surface area contributed by atoms with Gasteiger partial charge in [0.1, 0.15) is 10.6 Å². The van der Waals surface area contributed by atoms with Crippen LogP contribution in [0.1, 0.15) is 16.8 Å². The van der Waals surface area contributed by atoms with Crippen molar-refractivity contribution in [2.75, 3.05) is 13.7 Å². The summed E-state index contributed by atoms with van der Waals surface area (Å²) in [7, 11) is -2.34. The Labute approximate surface area is 136 Å². The van der Waals surface area contributed by atoms with Crippen molar-refractivity contribution >= 4 is 10.0 Å². The molecule has 0 saturated heterocycles. The standard InChI is InChI=1S/C16H19N3O3S/c1-22-15-8-13-10-19(11-14-4-2-3-6-18-14)7-5-12(13)9-16(15)23(17,20)21/h2-4,6,8-9H,5,7,10-11H2,1H3,(H2,17,20,21). The summed E-state index contributed by atoms with van der Waals surface area (Å²) in [4.78, 5) is 6.68. The van der Waals surface area contributed by atoms with Gasteiger partial charge in [0.2, 0.25) is 10.0 Å². The molecular weight excluding hydrogens is 314 g/mol. The Kier molecular flexibility index (Phi) is 4.34. The summed E-state index contributed by atoms with van der Waals surface area (Å²) >= 11 is 0. The number of rotatable bonds is 4. The van der Waals surface area contributed by atoms with Crippen molar-refractivity contribution in [2.24, 2.45) is 5.14 Å². The number of pyridine rings is 1. The number of benzene rings is 1. The average Bonchev–Trinajstić information content (AvgIpc) is 2.53. The number of nitrogens with two attached hydrogens (primary N) is 1. The molecular formula is C16H19N3O3S. The number of fused-ring (bicyclic) bond motifs is 1. The largest absolute Gasteiger partial charge is 0.495 e. The molecule has 1 aliphatic heterocycles. The zero-order chi connectivity index (χ0) is 16.4. The number of hydrogen-bond acceptors (Lipinski definition) is 5. The van der Waals surface area contributed by atoms with Crippen molar-refractivity contribution in [3.63, 3.8) is 0 Å². The molecule has 6 nitrogen and oxygen atoms in total. The van der Waals surface area contributed by atoms with Gasteiger partial charge in [-0.15, -0.1) is 0 Å². The minimum atomic E-state index is -3.79. The van der Waals surface area contributed by atoms with Gasteiger partial charge in [0.15, 0.2) is 0 Å². The summed E-state index contributed by atoms with van der Waals surface area (Å²) in [6.45, 7) is 2.34. The van der Waals surface area contributed by atoms with Crippen LogP contribution in [0.15, 0.2) is 41.4 Å². The molecule has 2 N–H and O–H groups in total. The lowest BCUT2D eigenvalue weighted by atomic mass is 9.99. The molecule has 0 aliphatic carbocycles. The molecule has 1 aliphatic rings. The van der Waals surface area contributed by atoms with Crippen LogP contribution in [0.2, 0.25) is 0 Å². The van der Waals surface area contributed by atoms with Gasteiger partial charge in [0, 0.05) is 25.8 Å². The minimum absolute atomic E-state index is 0.0527. The summed E-state index contributed by atoms with van der Waals surface area (Å²) in [6.07, 6.45) is 2.56. The first-order valence-electron chi connectivity index (χ1n) is 7.32. The predicted molar refractivity (Wildman–Crippen MR) is 86.4 cm³/mol. The van der Waals surface area contributed by atoms with Crippen LogP contribution in [-0.4, -0.2) is 32.0 Å². The van der Waals surface area contributed by atoms with E-state index in [-0.39, 0.29) is 4.90 Å². The van der Waals surface area contributed by atoms with E-state index in [1.807, 2.05) is 18.2 Å². The third-order valence-electron chi connectivity index (χ3n) is 4.00. The van der Waals surface area contributed by atoms with Crippen LogP contribution in [0.25, 0.3) is 0 Å². The number of sulfonamides is 1. The normalized spacial score (nSPS) is 15.2. The van der Waals surface area contributed by atoms with E-state index in [0.717, 1.165) is 42.9 Å². The maximum absolute atomic E-state index is 11.7. The lowest BCUT2D eigenvalue weighted by Crippen LogP contribution is -2.30. The quantitative estimate of drug-likeness (QED) is 0.911. The van der Waals surface area contributed by atoms with Crippen LogP contribution in [-0.2, 0) is 29.5 Å². The SMILES string of the molecule is COc1cc2c(cc1S(N)(=O)=O)CCN(Cc1ccccn1)C2. The molecule has 2 heterocycles. The number of methoxy groups -OCH3 is 1. The highest BCUT2D eigenvalue weighted by molar-refractivity contribution is 7.89. The Hall–Kier alpha value is -1.96. The van der Waals surface area contributed by atoms with Gasteiger partial charge < -0.3 is 4.74 Å². The Morgan fingerprint density at radius 3 is 2.78 bits per heavy atom. The molecule has 0 amide bonds. The second-order valence-corrected chi connectivity index (χ2v) is 7.13. The fourth-order valence-corrected chi connectivity index (χ4v) is 3.59. The van der Waals surface area contributed by atoms with Crippen molar-refractivity contribution in [1.29, 1.82) is 0 Å². The van der Waals surface area contributed by atoms with Gasteiger partial charge in [-0.25, -0.2) is 13.6 Å². The first kappa shape index (κ1) is 15.9. The van der Waals surface area contributed by atoms with E-state index < -0.39 is 10.0 Å². The van der Waals surface area contributed by atoms with E-state index >= 15 is 0 Å². The van der Waals surface area contributed by atoms with Crippen LogP contribution < -0.4 is 9.88 Å². The van der Waals surface area contributed by atoms with Crippen molar-refractivity contribution < 1.29 is 13.2 Å². The van der Waals surface area contributed by atoms with Crippen molar-refractivity contribution in [1.82, 2.24) is 9.88 Å². The maximum atomic E-state index is 11.7. The lowest BCUT2D eigenvalue weighted by molar-refractivity contribution is 0.242. The van der Waals surface area contributed by atoms with E-state index in [4.69, 9.17) is 9.88 Å². The monoisotopic (exact) mass is 333 g/mol. The van der Waals surface area contributed by atoms with Gasteiger partial charge in [0.25, 0.3) is 0 Å². The summed E-state index contributed by atoms with van der Waals surface area (Å²) < 4.78 is 28.6. The smallest absolute Gasteiger partial charge is 0.241 e. The number of nitrogens with zero attached hydrogens (tertiary/aromatic N) is 2. The van der Waals surface area contributed by atoms with Gasteiger partial charge in [-0.2, -0.15) is 0 Å². The van der Waals surface area contributed by atoms with Gasteiger partial charge in [0.05, 0.1) is 12.8 Å². The first-order chi connectivity index (χ1) is 11.0. The van der Waals surface area contributed by atoms with Gasteiger partial charge >= 0.3 is 0 Å². The molecule has 0 bridgehead atoms. The van der Waals surface area contributed by atoms with E-state index in [9.17, 15) is 8.42 Å². The molecule has 3 rings (SSSR count). The van der Waals surface area contributed by atoms with E-state index in [2.05, 4.69) is 9.88 Å². The molecule has 1 aromatic carbocycles. The lowest BCUT2D eigenvalue weighted by Gasteiger charge is -2.29. The molecule has 0 fully saturated rings. The van der Waals surface area contributed by atoms with Gasteiger partial charge in [-0.1, -0.05) is 6.07 Å². The summed E-state index contributed by atoms with van der Waals surface area (Å²) in [5, 5.41) is 5.27. The number of primary sulfonamides is 1. The Morgan fingerprint density at radius 2 is 2.13 bits per heavy atom. The van der Waals surface area contributed by atoms with Crippen LogP contribution in [0.4, 0.5) is 0 Å². The zero-order valence-corrected chi connectivity index (χ0v) is 13.7. The highest BCUT2D eigenvalue weighted by Gasteiger charge is 2.23. The maximum Gasteiger partial charge on any atom is 0.241 e. The van der Waals surface area contributed by atoms with E-state index in [1.54, 1.807) is 18.3 Å². The van der Waals surface area contributed by atoms with E-state index in [1.165, 1.54) is 7.11 Å². The number of hydrogen-bond donors (Lipinski definition) is 1. The summed E-state index contributed by atoms with van der Waals surface area (Å²) in [6, 6.07) is 9.29. The van der Waals surface area contributed by atoms with Crippen LogP contribution >= 0.6 is 0 Å². The Balaban J connectivity index is 1.86. The predicted octanol–water partition coefficient (Wildman–Crippen LogP) is 1.30. The Bertz CT molecular complexity index is 807. The Morgan fingerprint density at radius 1 is 1.30 bits per heavy atom. The molecule has 0 atom stereocenters. The van der Waals surface area contributed by atoms with Gasteiger partial charge in [-0.05, 0) is 41.8 Å². The fourth-order valence-electron chi connectivity index (χ4n) is 2.86. The van der Waals surface area contributed by atoms with Crippen LogP contribution in [0, 0.1) is 0 Å². The van der Waals surface area contributed by atoms with Crippen LogP contribution in [0.3, 0.4) is 0 Å². The molecule has 0 unspecified atom stereocenters. The average molecular weight is 333 g/mol. The summed E-state index contributed by atoms with van der Waals surface area (Å²) in [5.74, 6) is 0.297. The van der Waals surface area contributed by atoms with Gasteiger partial charge in [-0.3, -0.25) is 9.88 Å². The second-order valence-electron chi connectivity index (χ2n) is 5.60. The number of aromatic nitrogens is 1. The van der Waals surface area contributed by atoms with Crippen molar-refractivity contribution in [2.45, 2.75) is 24.4 Å². The highest BCUT2D eigenvalue weighted by atomic mass is 32.2. The molecule has 122 valence electrons. The second kappa shape index (κ2) is 6.27. The fraction of sp³-hybridized carbons (Fsp3) is 0.312. The minimum Gasteiger partial charge on any atom is -0.495 e. The first-order valence-corrected chi connectivity index (χ1v) is 8.87. The third kappa shape index (κ3) is 3.52. The van der Waals surface area contributed by atoms with Crippen molar-refractivity contribution in [3.05, 3.63) is 53.3 Å². The zero-order valence-electron chi connectivity index (χ0n) is 12.9. The molecule has 23 heavy (non-hydrogen) atoms.